The molecule has 2 N–H and O–H groups in total. The molecule has 0 fully saturated rings. The summed E-state index contributed by atoms with van der Waals surface area (Å²) in [6.45, 7) is 0. The van der Waals surface area contributed by atoms with E-state index in [1.165, 1.54) is 18.2 Å². The van der Waals surface area contributed by atoms with E-state index in [-0.39, 0.29) is 22.0 Å². The summed E-state index contributed by atoms with van der Waals surface area (Å²) < 4.78 is 0. The molecule has 128 valence electrons. The van der Waals surface area contributed by atoms with Crippen LogP contribution in [0.4, 0.5) is 11.4 Å². The van der Waals surface area contributed by atoms with E-state index in [1.807, 2.05) is 30.3 Å². The van der Waals surface area contributed by atoms with Crippen molar-refractivity contribution in [2.24, 2.45) is 0 Å². The Balaban J connectivity index is 1.93. The molecule has 0 atom stereocenters. The van der Waals surface area contributed by atoms with Crippen LogP contribution in [0.1, 0.15) is 5.56 Å². The number of benzene rings is 2. The lowest BCUT2D eigenvalue weighted by atomic mass is 10.1. The van der Waals surface area contributed by atoms with Gasteiger partial charge < -0.3 is 10.3 Å². The lowest BCUT2D eigenvalue weighted by Crippen LogP contribution is -2.14. The number of nitrogens with zero attached hydrogens (tertiary/aromatic N) is 2. The molecule has 7 nitrogen and oxygen atoms in total. The Kier molecular flexibility index (Phi) is 4.69. The summed E-state index contributed by atoms with van der Waals surface area (Å²) in [5.74, 6) is -0.747. The van der Waals surface area contributed by atoms with Crippen molar-refractivity contribution in [3.05, 3.63) is 74.9 Å². The zero-order valence-electron chi connectivity index (χ0n) is 13.2. The van der Waals surface area contributed by atoms with Crippen LogP contribution in [0.15, 0.2) is 54.2 Å². The highest BCUT2D eigenvalue weighted by Crippen LogP contribution is 2.28. The Labute approximate surface area is 152 Å². The predicted octanol–water partition coefficient (Wildman–Crippen LogP) is 4.28. The summed E-state index contributed by atoms with van der Waals surface area (Å²) in [4.78, 5) is 25.9. The average Bonchev–Trinajstić information content (AvgIpc) is 3.04. The van der Waals surface area contributed by atoms with E-state index in [9.17, 15) is 20.2 Å². The van der Waals surface area contributed by atoms with Crippen LogP contribution in [0.5, 0.6) is 0 Å². The van der Waals surface area contributed by atoms with E-state index in [2.05, 4.69) is 10.3 Å². The van der Waals surface area contributed by atoms with Crippen molar-refractivity contribution >= 4 is 45.9 Å². The van der Waals surface area contributed by atoms with Gasteiger partial charge in [0.1, 0.15) is 17.3 Å². The van der Waals surface area contributed by atoms with E-state index in [4.69, 9.17) is 11.6 Å². The fourth-order valence-electron chi connectivity index (χ4n) is 2.47. The molecular weight excluding hydrogens is 356 g/mol. The standard InChI is InChI=1S/C18H11ClN4O3/c19-13-5-6-16(17(8-13)23(25)26)22-18(24)11(9-20)7-12-10-21-15-4-2-1-3-14(12)15/h1-8,10,21H,(H,22,24)/b11-7-. The Hall–Kier alpha value is -3.63. The molecule has 0 aliphatic rings. The molecule has 8 heteroatoms. The zero-order valence-corrected chi connectivity index (χ0v) is 13.9. The first kappa shape index (κ1) is 17.2. The minimum Gasteiger partial charge on any atom is -0.361 e. The largest absolute Gasteiger partial charge is 0.361 e. The van der Waals surface area contributed by atoms with E-state index < -0.39 is 10.8 Å². The number of fused-ring (bicyclic) bond motifs is 1. The topological polar surface area (TPSA) is 112 Å². The molecule has 0 saturated carbocycles. The van der Waals surface area contributed by atoms with Gasteiger partial charge in [-0.15, -0.1) is 0 Å². The molecule has 0 aliphatic heterocycles. The van der Waals surface area contributed by atoms with Crippen molar-refractivity contribution < 1.29 is 9.72 Å². The van der Waals surface area contributed by atoms with Crippen LogP contribution in [0.25, 0.3) is 17.0 Å². The number of nitriles is 1. The first-order chi connectivity index (χ1) is 12.5. The van der Waals surface area contributed by atoms with Crippen molar-refractivity contribution in [1.29, 1.82) is 5.26 Å². The maximum Gasteiger partial charge on any atom is 0.294 e. The lowest BCUT2D eigenvalue weighted by Gasteiger charge is -2.05. The van der Waals surface area contributed by atoms with Crippen LogP contribution in [0, 0.1) is 21.4 Å². The third-order valence-electron chi connectivity index (χ3n) is 3.69. The summed E-state index contributed by atoms with van der Waals surface area (Å²) in [6.07, 6.45) is 3.11. The highest BCUT2D eigenvalue weighted by molar-refractivity contribution is 6.31. The molecule has 0 saturated heterocycles. The smallest absolute Gasteiger partial charge is 0.294 e. The molecule has 1 aromatic heterocycles. The average molecular weight is 367 g/mol. The minimum absolute atomic E-state index is 0.0375. The second-order valence-corrected chi connectivity index (χ2v) is 5.77. The van der Waals surface area contributed by atoms with E-state index in [0.717, 1.165) is 17.0 Å². The summed E-state index contributed by atoms with van der Waals surface area (Å²) in [5, 5.41) is 23.8. The molecule has 0 aliphatic carbocycles. The van der Waals surface area contributed by atoms with Gasteiger partial charge in [0, 0.05) is 33.8 Å². The number of rotatable bonds is 4. The number of hydrogen-bond acceptors (Lipinski definition) is 4. The SMILES string of the molecule is N#C/C(=C/c1c[nH]c2ccccc12)C(=O)Nc1ccc(Cl)cc1[N+](=O)[O-]. The number of nitro groups is 1. The first-order valence-corrected chi connectivity index (χ1v) is 7.80. The summed E-state index contributed by atoms with van der Waals surface area (Å²) in [5.41, 5.74) is 0.960. The molecule has 1 amide bonds. The number of nitro benzene ring substituents is 1. The molecule has 0 spiro atoms. The first-order valence-electron chi connectivity index (χ1n) is 7.43. The van der Waals surface area contributed by atoms with E-state index >= 15 is 0 Å². The van der Waals surface area contributed by atoms with Crippen molar-refractivity contribution in [1.82, 2.24) is 4.98 Å². The molecule has 3 rings (SSSR count). The molecule has 0 bridgehead atoms. The highest BCUT2D eigenvalue weighted by Gasteiger charge is 2.18. The van der Waals surface area contributed by atoms with Gasteiger partial charge in [-0.2, -0.15) is 5.26 Å². The fraction of sp³-hybridized carbons (Fsp3) is 0. The van der Waals surface area contributed by atoms with Crippen molar-refractivity contribution in [2.75, 3.05) is 5.32 Å². The van der Waals surface area contributed by atoms with Gasteiger partial charge in [-0.05, 0) is 24.3 Å². The Morgan fingerprint density at radius 1 is 1.31 bits per heavy atom. The maximum atomic E-state index is 12.4. The van der Waals surface area contributed by atoms with Gasteiger partial charge in [0.2, 0.25) is 0 Å². The van der Waals surface area contributed by atoms with Crippen molar-refractivity contribution in [3.8, 4) is 6.07 Å². The number of H-pyrrole nitrogens is 1. The molecule has 26 heavy (non-hydrogen) atoms. The van der Waals surface area contributed by atoms with Gasteiger partial charge in [-0.3, -0.25) is 14.9 Å². The van der Waals surface area contributed by atoms with Crippen molar-refractivity contribution in [2.45, 2.75) is 0 Å². The minimum atomic E-state index is -0.747. The van der Waals surface area contributed by atoms with Gasteiger partial charge in [0.05, 0.1) is 4.92 Å². The maximum absolute atomic E-state index is 12.4. The Bertz CT molecular complexity index is 1100. The summed E-state index contributed by atoms with van der Waals surface area (Å²) >= 11 is 5.75. The molecule has 3 aromatic rings. The quantitative estimate of drug-likeness (QED) is 0.310. The number of carbonyl (C=O) groups excluding carboxylic acids is 1. The van der Waals surface area contributed by atoms with E-state index in [0.29, 0.717) is 5.56 Å². The van der Waals surface area contributed by atoms with Crippen molar-refractivity contribution in [3.63, 3.8) is 0 Å². The summed E-state index contributed by atoms with van der Waals surface area (Å²) in [7, 11) is 0. The number of amides is 1. The fourth-order valence-corrected chi connectivity index (χ4v) is 2.64. The molecule has 2 aromatic carbocycles. The number of aromatic amines is 1. The third-order valence-corrected chi connectivity index (χ3v) is 3.93. The van der Waals surface area contributed by atoms with Gasteiger partial charge in [-0.1, -0.05) is 29.8 Å². The monoisotopic (exact) mass is 366 g/mol. The molecule has 0 unspecified atom stereocenters. The van der Waals surface area contributed by atoms with Crippen LogP contribution in [-0.4, -0.2) is 15.8 Å². The Morgan fingerprint density at radius 3 is 2.81 bits per heavy atom. The van der Waals surface area contributed by atoms with Crippen LogP contribution in [0.3, 0.4) is 0 Å². The van der Waals surface area contributed by atoms with Gasteiger partial charge in [-0.25, -0.2) is 0 Å². The Morgan fingerprint density at radius 2 is 2.08 bits per heavy atom. The number of anilines is 1. The van der Waals surface area contributed by atoms with Gasteiger partial charge in [0.15, 0.2) is 0 Å². The summed E-state index contributed by atoms with van der Waals surface area (Å²) in [6, 6.07) is 13.1. The number of aromatic nitrogens is 1. The molecular formula is C18H11ClN4O3. The second-order valence-electron chi connectivity index (χ2n) is 5.33. The molecule has 1 heterocycles. The van der Waals surface area contributed by atoms with Crippen LogP contribution < -0.4 is 5.32 Å². The number of nitrogens with one attached hydrogen (secondary N) is 2. The molecule has 0 radical (unpaired) electrons. The predicted molar refractivity (Wildman–Crippen MR) is 98.6 cm³/mol. The number of para-hydroxylation sites is 1. The van der Waals surface area contributed by atoms with Crippen LogP contribution in [0.2, 0.25) is 5.02 Å². The highest BCUT2D eigenvalue weighted by atomic mass is 35.5. The third kappa shape index (κ3) is 3.41. The number of carbonyl (C=O) groups is 1. The van der Waals surface area contributed by atoms with Crippen LogP contribution >= 0.6 is 11.6 Å². The van der Waals surface area contributed by atoms with Gasteiger partial charge >= 0.3 is 0 Å². The van der Waals surface area contributed by atoms with E-state index in [1.54, 1.807) is 6.20 Å². The number of halogens is 1. The van der Waals surface area contributed by atoms with Crippen LogP contribution in [-0.2, 0) is 4.79 Å². The van der Waals surface area contributed by atoms with Gasteiger partial charge in [0.25, 0.3) is 11.6 Å². The number of hydrogen-bond donors (Lipinski definition) is 2. The zero-order chi connectivity index (χ0) is 18.7. The second kappa shape index (κ2) is 7.09. The lowest BCUT2D eigenvalue weighted by molar-refractivity contribution is -0.383. The normalized spacial score (nSPS) is 11.2.